The second kappa shape index (κ2) is 3.12. The Morgan fingerprint density at radius 1 is 1.62 bits per heavy atom. The Bertz CT molecular complexity index is 70.8. The summed E-state index contributed by atoms with van der Waals surface area (Å²) in [7, 11) is 0. The van der Waals surface area contributed by atoms with Crippen molar-refractivity contribution in [2.24, 2.45) is 0 Å². The SMILES string of the molecule is [O-]N1CCC[CH]([Tl])C1. The molecule has 0 amide bonds. The van der Waals surface area contributed by atoms with E-state index >= 15 is 0 Å². The Morgan fingerprint density at radius 2 is 2.38 bits per heavy atom. The molecular weight excluding hydrogens is 294 g/mol. The van der Waals surface area contributed by atoms with Crippen molar-refractivity contribution in [1.29, 1.82) is 0 Å². The number of piperidine rings is 1. The third-order valence-electron chi connectivity index (χ3n) is 1.42. The second-order valence-electron chi connectivity index (χ2n) is 2.29. The summed E-state index contributed by atoms with van der Waals surface area (Å²) >= 11 is 1.01. The molecule has 1 unspecified atom stereocenters. The fraction of sp³-hybridized carbons (Fsp3) is 1.00. The molecule has 0 aromatic carbocycles. The van der Waals surface area contributed by atoms with Gasteiger partial charge in [-0.2, -0.15) is 0 Å². The zero-order valence-electron chi connectivity index (χ0n) is 4.84. The van der Waals surface area contributed by atoms with Gasteiger partial charge in [-0.25, -0.2) is 0 Å². The van der Waals surface area contributed by atoms with E-state index in [0.717, 1.165) is 48.8 Å². The van der Waals surface area contributed by atoms with Crippen molar-refractivity contribution in [1.82, 2.24) is 5.06 Å². The molecule has 0 aromatic rings. The molecule has 1 saturated heterocycles. The van der Waals surface area contributed by atoms with Gasteiger partial charge in [0.15, 0.2) is 0 Å². The molecule has 1 heterocycles. The second-order valence-corrected chi connectivity index (χ2v) is 5.96. The van der Waals surface area contributed by atoms with Crippen LogP contribution in [0.4, 0.5) is 0 Å². The maximum atomic E-state index is 10.6. The van der Waals surface area contributed by atoms with Crippen molar-refractivity contribution < 1.29 is 0 Å². The van der Waals surface area contributed by atoms with Gasteiger partial charge >= 0.3 is 65.4 Å². The van der Waals surface area contributed by atoms with Crippen LogP contribution in [0, 0.1) is 5.21 Å². The van der Waals surface area contributed by atoms with E-state index in [4.69, 9.17) is 0 Å². The molecule has 1 aliphatic heterocycles. The summed E-state index contributed by atoms with van der Waals surface area (Å²) in [5.74, 6) is 0. The van der Waals surface area contributed by atoms with Crippen molar-refractivity contribution in [2.75, 3.05) is 13.1 Å². The van der Waals surface area contributed by atoms with Crippen LogP contribution in [-0.4, -0.2) is 43.9 Å². The van der Waals surface area contributed by atoms with Gasteiger partial charge in [0.05, 0.1) is 0 Å². The van der Waals surface area contributed by atoms with Gasteiger partial charge in [-0.05, 0) is 0 Å². The van der Waals surface area contributed by atoms with Crippen LogP contribution in [0.15, 0.2) is 0 Å². The molecule has 0 bridgehead atoms. The van der Waals surface area contributed by atoms with Crippen LogP contribution in [0.3, 0.4) is 0 Å². The van der Waals surface area contributed by atoms with Gasteiger partial charge in [0.2, 0.25) is 0 Å². The summed E-state index contributed by atoms with van der Waals surface area (Å²) in [6.07, 6.45) is 2.44. The molecule has 1 aliphatic rings. The first kappa shape index (κ1) is 6.96. The Kier molecular flexibility index (Phi) is 2.72. The van der Waals surface area contributed by atoms with E-state index < -0.39 is 0 Å². The van der Waals surface area contributed by atoms with Crippen molar-refractivity contribution >= 4 is 25.8 Å². The fourth-order valence-electron chi connectivity index (χ4n) is 0.974. The van der Waals surface area contributed by atoms with Gasteiger partial charge in [0, 0.05) is 0 Å². The van der Waals surface area contributed by atoms with E-state index in [1.54, 1.807) is 0 Å². The predicted molar refractivity (Wildman–Crippen MR) is 33.7 cm³/mol. The van der Waals surface area contributed by atoms with Crippen LogP contribution >= 0.6 is 0 Å². The molecule has 2 nitrogen and oxygen atoms in total. The van der Waals surface area contributed by atoms with Crippen molar-refractivity contribution in [3.05, 3.63) is 5.21 Å². The van der Waals surface area contributed by atoms with Gasteiger partial charge in [0.25, 0.3) is 0 Å². The molecular formula is C5H9NOTl-. The van der Waals surface area contributed by atoms with E-state index in [0.29, 0.717) is 0 Å². The molecule has 1 fully saturated rings. The summed E-state index contributed by atoms with van der Waals surface area (Å²) in [6, 6.07) is 0. The number of nitrogens with zero attached hydrogens (tertiary/aromatic N) is 1. The zero-order valence-corrected chi connectivity index (χ0v) is 9.33. The predicted octanol–water partition coefficient (Wildman–Crippen LogP) is 0.537. The Labute approximate surface area is 65.5 Å². The molecule has 44 valence electrons. The molecule has 0 spiro atoms. The van der Waals surface area contributed by atoms with E-state index in [1.165, 1.54) is 11.5 Å². The van der Waals surface area contributed by atoms with Gasteiger partial charge in [0.1, 0.15) is 0 Å². The van der Waals surface area contributed by atoms with Gasteiger partial charge < -0.3 is 0 Å². The first-order chi connectivity index (χ1) is 3.79. The summed E-state index contributed by atoms with van der Waals surface area (Å²) in [6.45, 7) is 1.61. The molecule has 0 radical (unpaired) electrons. The van der Waals surface area contributed by atoms with E-state index in [1.807, 2.05) is 0 Å². The molecule has 1 rings (SSSR count). The molecule has 0 aromatic heterocycles. The van der Waals surface area contributed by atoms with Crippen molar-refractivity contribution in [3.63, 3.8) is 0 Å². The minimum atomic E-state index is 0.781. The first-order valence-corrected chi connectivity index (χ1v) is 5.56. The summed E-state index contributed by atoms with van der Waals surface area (Å²) < 4.78 is 0.793. The quantitative estimate of drug-likeness (QED) is 0.611. The maximum absolute atomic E-state index is 10.6. The van der Waals surface area contributed by atoms with Crippen LogP contribution in [0.1, 0.15) is 12.8 Å². The standard InChI is InChI=1S/C5H9NO.Tl/c7-6-4-2-1-3-5-6;/h2H,1,3-5H2;/q-1;. The molecule has 0 N–H and O–H groups in total. The third-order valence-corrected chi connectivity index (χ3v) is 3.54. The Balaban J connectivity index is 2.23. The summed E-state index contributed by atoms with van der Waals surface area (Å²) in [5.41, 5.74) is 0. The topological polar surface area (TPSA) is 26.3 Å². The number of hydrogen-bond donors (Lipinski definition) is 0. The molecule has 0 aliphatic carbocycles. The van der Waals surface area contributed by atoms with Crippen molar-refractivity contribution in [3.8, 4) is 0 Å². The minimum absolute atomic E-state index is 0.781. The number of hydrogen-bond acceptors (Lipinski definition) is 2. The van der Waals surface area contributed by atoms with Gasteiger partial charge in [-0.15, -0.1) is 0 Å². The van der Waals surface area contributed by atoms with Gasteiger partial charge in [-0.1, -0.05) is 0 Å². The molecule has 1 atom stereocenters. The average Bonchev–Trinajstić information content (AvgIpc) is 1.64. The average molecular weight is 304 g/mol. The summed E-state index contributed by atoms with van der Waals surface area (Å²) in [4.78, 5) is 0. The van der Waals surface area contributed by atoms with Crippen LogP contribution in [-0.2, 0) is 0 Å². The summed E-state index contributed by atoms with van der Waals surface area (Å²) in [5, 5.41) is 11.8. The van der Waals surface area contributed by atoms with E-state index in [-0.39, 0.29) is 0 Å². The number of hydroxylamine groups is 2. The fourth-order valence-corrected chi connectivity index (χ4v) is 2.80. The zero-order chi connectivity index (χ0) is 5.98. The monoisotopic (exact) mass is 304 g/mol. The third kappa shape index (κ3) is 1.99. The Morgan fingerprint density at radius 3 is 2.75 bits per heavy atom. The van der Waals surface area contributed by atoms with Crippen LogP contribution in [0.25, 0.3) is 0 Å². The van der Waals surface area contributed by atoms with Crippen LogP contribution in [0.5, 0.6) is 0 Å². The first-order valence-electron chi connectivity index (χ1n) is 2.96. The normalized spacial score (nSPS) is 32.8. The number of rotatable bonds is 0. The molecule has 8 heavy (non-hydrogen) atoms. The van der Waals surface area contributed by atoms with E-state index in [2.05, 4.69) is 0 Å². The van der Waals surface area contributed by atoms with Gasteiger partial charge in [-0.3, -0.25) is 0 Å². The van der Waals surface area contributed by atoms with Crippen LogP contribution in [0.2, 0.25) is 3.48 Å². The van der Waals surface area contributed by atoms with Crippen LogP contribution < -0.4 is 0 Å². The van der Waals surface area contributed by atoms with Crippen molar-refractivity contribution in [2.45, 2.75) is 16.3 Å². The molecule has 0 saturated carbocycles. The Hall–Kier alpha value is 0.842. The van der Waals surface area contributed by atoms with E-state index in [9.17, 15) is 5.21 Å². The molecule has 3 heteroatoms.